The Kier molecular flexibility index (Phi) is 4.73. The molecule has 0 atom stereocenters. The molecule has 0 radical (unpaired) electrons. The maximum atomic E-state index is 10.9. The van der Waals surface area contributed by atoms with E-state index in [1.807, 2.05) is 0 Å². The van der Waals surface area contributed by atoms with Gasteiger partial charge in [0.2, 0.25) is 0 Å². The summed E-state index contributed by atoms with van der Waals surface area (Å²) in [7, 11) is 0. The van der Waals surface area contributed by atoms with Crippen molar-refractivity contribution >= 4 is 11.5 Å². The summed E-state index contributed by atoms with van der Waals surface area (Å²) in [6.07, 6.45) is 1.57. The van der Waals surface area contributed by atoms with Crippen molar-refractivity contribution in [1.82, 2.24) is 0 Å². The fourth-order valence-electron chi connectivity index (χ4n) is 2.03. The molecule has 0 heterocycles. The van der Waals surface area contributed by atoms with E-state index < -0.39 is 0 Å². The van der Waals surface area contributed by atoms with Crippen molar-refractivity contribution in [3.63, 3.8) is 0 Å². The molecule has 0 saturated carbocycles. The molecule has 0 aliphatic heterocycles. The second kappa shape index (κ2) is 5.85. The molecule has 1 aromatic carbocycles. The number of Topliss-reactive ketones (excluding diaryl/α,β-unsaturated/α-hetero) is 1. The molecular formula is C15H23NO. The van der Waals surface area contributed by atoms with E-state index in [1.165, 1.54) is 27.9 Å². The highest BCUT2D eigenvalue weighted by Gasteiger charge is 2.07. The third-order valence-corrected chi connectivity index (χ3v) is 3.37. The van der Waals surface area contributed by atoms with Gasteiger partial charge in [0.25, 0.3) is 0 Å². The lowest BCUT2D eigenvalue weighted by atomic mass is 9.98. The number of anilines is 1. The molecule has 0 fully saturated rings. The average Bonchev–Trinajstić information content (AvgIpc) is 2.25. The number of ketones is 1. The Morgan fingerprint density at radius 2 is 1.65 bits per heavy atom. The molecule has 2 nitrogen and oxygen atoms in total. The molecule has 0 amide bonds. The third kappa shape index (κ3) is 3.58. The molecule has 94 valence electrons. The SMILES string of the molecule is CC(=O)CCCNc1c(C)c(C)cc(C)c1C. The highest BCUT2D eigenvalue weighted by Crippen LogP contribution is 2.26. The van der Waals surface area contributed by atoms with Crippen molar-refractivity contribution in [3.05, 3.63) is 28.3 Å². The first kappa shape index (κ1) is 13.8. The number of nitrogens with one attached hydrogen (secondary N) is 1. The number of carbonyl (C=O) groups is 1. The molecule has 0 unspecified atom stereocenters. The van der Waals surface area contributed by atoms with Crippen LogP contribution in [0.1, 0.15) is 42.0 Å². The lowest BCUT2D eigenvalue weighted by molar-refractivity contribution is -0.117. The lowest BCUT2D eigenvalue weighted by Crippen LogP contribution is -2.08. The van der Waals surface area contributed by atoms with Gasteiger partial charge in [-0.05, 0) is 63.3 Å². The Bertz CT molecular complexity index is 395. The van der Waals surface area contributed by atoms with Crippen LogP contribution in [0.25, 0.3) is 0 Å². The molecular weight excluding hydrogens is 210 g/mol. The highest BCUT2D eigenvalue weighted by atomic mass is 16.1. The van der Waals surface area contributed by atoms with Crippen LogP contribution in [0, 0.1) is 27.7 Å². The van der Waals surface area contributed by atoms with Gasteiger partial charge in [-0.25, -0.2) is 0 Å². The first-order valence-electron chi connectivity index (χ1n) is 6.24. The Hall–Kier alpha value is -1.31. The second-order valence-electron chi connectivity index (χ2n) is 4.87. The largest absolute Gasteiger partial charge is 0.385 e. The minimum absolute atomic E-state index is 0.265. The zero-order valence-corrected chi connectivity index (χ0v) is 11.6. The van der Waals surface area contributed by atoms with Gasteiger partial charge in [-0.2, -0.15) is 0 Å². The molecule has 1 rings (SSSR count). The first-order valence-corrected chi connectivity index (χ1v) is 6.24. The van der Waals surface area contributed by atoms with Gasteiger partial charge in [0, 0.05) is 18.7 Å². The van der Waals surface area contributed by atoms with Crippen molar-refractivity contribution in [3.8, 4) is 0 Å². The van der Waals surface area contributed by atoms with Crippen molar-refractivity contribution in [2.75, 3.05) is 11.9 Å². The smallest absolute Gasteiger partial charge is 0.129 e. The molecule has 0 aromatic heterocycles. The monoisotopic (exact) mass is 233 g/mol. The average molecular weight is 233 g/mol. The van der Waals surface area contributed by atoms with E-state index in [1.54, 1.807) is 6.92 Å². The van der Waals surface area contributed by atoms with Gasteiger partial charge >= 0.3 is 0 Å². The predicted octanol–water partition coefficient (Wildman–Crippen LogP) is 3.70. The van der Waals surface area contributed by atoms with E-state index in [2.05, 4.69) is 39.1 Å². The van der Waals surface area contributed by atoms with Crippen molar-refractivity contribution in [2.24, 2.45) is 0 Å². The number of aryl methyl sites for hydroxylation is 2. The van der Waals surface area contributed by atoms with E-state index in [9.17, 15) is 4.79 Å². The molecule has 2 heteroatoms. The molecule has 0 spiro atoms. The topological polar surface area (TPSA) is 29.1 Å². The van der Waals surface area contributed by atoms with Gasteiger partial charge in [-0.3, -0.25) is 0 Å². The molecule has 0 aliphatic carbocycles. The van der Waals surface area contributed by atoms with Gasteiger partial charge in [-0.1, -0.05) is 6.07 Å². The van der Waals surface area contributed by atoms with Gasteiger partial charge < -0.3 is 10.1 Å². The number of rotatable bonds is 5. The summed E-state index contributed by atoms with van der Waals surface area (Å²) in [6, 6.07) is 2.23. The fraction of sp³-hybridized carbons (Fsp3) is 0.533. The summed E-state index contributed by atoms with van der Waals surface area (Å²) in [6.45, 7) is 11.1. The van der Waals surface area contributed by atoms with Crippen molar-refractivity contribution in [1.29, 1.82) is 0 Å². The third-order valence-electron chi connectivity index (χ3n) is 3.37. The van der Waals surface area contributed by atoms with Gasteiger partial charge in [0.15, 0.2) is 0 Å². The zero-order valence-electron chi connectivity index (χ0n) is 11.6. The maximum Gasteiger partial charge on any atom is 0.129 e. The zero-order chi connectivity index (χ0) is 13.0. The number of benzene rings is 1. The van der Waals surface area contributed by atoms with Gasteiger partial charge in [0.1, 0.15) is 5.78 Å². The minimum Gasteiger partial charge on any atom is -0.385 e. The van der Waals surface area contributed by atoms with Gasteiger partial charge in [-0.15, -0.1) is 0 Å². The minimum atomic E-state index is 0.265. The van der Waals surface area contributed by atoms with Gasteiger partial charge in [0.05, 0.1) is 0 Å². The fourth-order valence-corrected chi connectivity index (χ4v) is 2.03. The summed E-state index contributed by atoms with van der Waals surface area (Å²) in [4.78, 5) is 10.9. The molecule has 0 saturated heterocycles. The second-order valence-corrected chi connectivity index (χ2v) is 4.87. The molecule has 0 aliphatic rings. The maximum absolute atomic E-state index is 10.9. The van der Waals surface area contributed by atoms with E-state index in [0.29, 0.717) is 6.42 Å². The van der Waals surface area contributed by atoms with Crippen LogP contribution < -0.4 is 5.32 Å². The van der Waals surface area contributed by atoms with E-state index >= 15 is 0 Å². The summed E-state index contributed by atoms with van der Waals surface area (Å²) in [5, 5.41) is 3.47. The Balaban J connectivity index is 2.73. The quantitative estimate of drug-likeness (QED) is 0.786. The van der Waals surface area contributed by atoms with Crippen LogP contribution in [0.2, 0.25) is 0 Å². The number of hydrogen-bond donors (Lipinski definition) is 1. The van der Waals surface area contributed by atoms with E-state index in [4.69, 9.17) is 0 Å². The van der Waals surface area contributed by atoms with Crippen LogP contribution in [0.5, 0.6) is 0 Å². The van der Waals surface area contributed by atoms with Crippen LogP contribution >= 0.6 is 0 Å². The van der Waals surface area contributed by atoms with Crippen molar-refractivity contribution < 1.29 is 4.79 Å². The van der Waals surface area contributed by atoms with Crippen LogP contribution in [0.15, 0.2) is 6.07 Å². The molecule has 1 N–H and O–H groups in total. The summed E-state index contributed by atoms with van der Waals surface area (Å²) < 4.78 is 0. The van der Waals surface area contributed by atoms with E-state index in [-0.39, 0.29) is 5.78 Å². The normalized spacial score (nSPS) is 10.4. The van der Waals surface area contributed by atoms with Crippen LogP contribution in [-0.4, -0.2) is 12.3 Å². The van der Waals surface area contributed by atoms with Crippen molar-refractivity contribution in [2.45, 2.75) is 47.5 Å². The summed E-state index contributed by atoms with van der Waals surface area (Å²) in [5.74, 6) is 0.265. The molecule has 17 heavy (non-hydrogen) atoms. The standard InChI is InChI=1S/C15H23NO/c1-10-9-11(2)14(5)15(13(10)4)16-8-6-7-12(3)17/h9,16H,6-8H2,1-5H3. The first-order chi connectivity index (χ1) is 7.93. The Morgan fingerprint density at radius 3 is 2.12 bits per heavy atom. The van der Waals surface area contributed by atoms with E-state index in [0.717, 1.165) is 13.0 Å². The molecule has 1 aromatic rings. The summed E-state index contributed by atoms with van der Waals surface area (Å²) >= 11 is 0. The van der Waals surface area contributed by atoms with Crippen LogP contribution in [0.4, 0.5) is 5.69 Å². The number of carbonyl (C=O) groups excluding carboxylic acids is 1. The molecule has 0 bridgehead atoms. The number of hydrogen-bond acceptors (Lipinski definition) is 2. The van der Waals surface area contributed by atoms with Crippen LogP contribution in [0.3, 0.4) is 0 Å². The Morgan fingerprint density at radius 1 is 1.12 bits per heavy atom. The lowest BCUT2D eigenvalue weighted by Gasteiger charge is -2.16. The summed E-state index contributed by atoms with van der Waals surface area (Å²) in [5.41, 5.74) is 6.52. The predicted molar refractivity (Wildman–Crippen MR) is 73.8 cm³/mol. The Labute approximate surface area is 104 Å². The van der Waals surface area contributed by atoms with Crippen LogP contribution in [-0.2, 0) is 4.79 Å². The highest BCUT2D eigenvalue weighted by molar-refractivity contribution is 5.75.